The van der Waals surface area contributed by atoms with E-state index >= 15 is 0 Å². The van der Waals surface area contributed by atoms with E-state index in [9.17, 15) is 19.2 Å². The van der Waals surface area contributed by atoms with Crippen molar-refractivity contribution >= 4 is 17.9 Å². The van der Waals surface area contributed by atoms with Crippen LogP contribution in [-0.2, 0) is 16.1 Å². The highest BCUT2D eigenvalue weighted by Gasteiger charge is 2.36. The largest absolute Gasteiger partial charge is 0.491 e. The van der Waals surface area contributed by atoms with Crippen LogP contribution in [0.15, 0.2) is 94.3 Å². The van der Waals surface area contributed by atoms with Gasteiger partial charge in [-0.3, -0.25) is 14.5 Å². The maximum atomic E-state index is 14.9. The molecule has 0 N–H and O–H groups in total. The van der Waals surface area contributed by atoms with Crippen LogP contribution < -0.4 is 4.74 Å². The maximum absolute atomic E-state index is 14.9. The summed E-state index contributed by atoms with van der Waals surface area (Å²) in [6.45, 7) is 3.76. The molecule has 2 aromatic carbocycles. The normalized spacial score (nSPS) is 14.7. The summed E-state index contributed by atoms with van der Waals surface area (Å²) >= 11 is 0. The first-order valence-electron chi connectivity index (χ1n) is 12.7. The van der Waals surface area contributed by atoms with E-state index in [1.54, 1.807) is 48.1 Å². The lowest BCUT2D eigenvalue weighted by Crippen LogP contribution is -2.42. The summed E-state index contributed by atoms with van der Waals surface area (Å²) in [7, 11) is 0. The number of benzene rings is 2. The number of amides is 2. The van der Waals surface area contributed by atoms with Gasteiger partial charge in [-0.25, -0.2) is 9.07 Å². The molecule has 0 spiro atoms. The molecular formula is C31H25FN4O4. The number of hydrogen-bond acceptors (Lipinski definition) is 6. The van der Waals surface area contributed by atoms with Gasteiger partial charge in [-0.1, -0.05) is 25.1 Å². The second kappa shape index (κ2) is 11.3. The molecular weight excluding hydrogens is 511 g/mol. The van der Waals surface area contributed by atoms with Crippen LogP contribution in [0, 0.1) is 17.1 Å². The van der Waals surface area contributed by atoms with Crippen LogP contribution >= 0.6 is 0 Å². The van der Waals surface area contributed by atoms with Crippen LogP contribution in [0.4, 0.5) is 4.39 Å². The SMILES string of the molecule is CCCOc1ccc(-c2nn(-c3ccccc3)cc2/C=C2/C(=O)N(Cc3ccco3)C(=O)C(C#N)=C2C)cc1F. The van der Waals surface area contributed by atoms with Gasteiger partial charge in [-0.15, -0.1) is 0 Å². The molecule has 0 saturated heterocycles. The van der Waals surface area contributed by atoms with Crippen LogP contribution in [0.5, 0.6) is 5.75 Å². The van der Waals surface area contributed by atoms with E-state index in [-0.39, 0.29) is 29.0 Å². The number of hydrogen-bond donors (Lipinski definition) is 0. The van der Waals surface area contributed by atoms with Gasteiger partial charge in [0.05, 0.1) is 25.1 Å². The number of carbonyl (C=O) groups is 2. The average molecular weight is 537 g/mol. The number of ether oxygens (including phenoxy) is 1. The summed E-state index contributed by atoms with van der Waals surface area (Å²) in [4.78, 5) is 27.6. The zero-order valence-corrected chi connectivity index (χ0v) is 21.9. The fraction of sp³-hybridized carbons (Fsp3) is 0.161. The molecule has 0 saturated carbocycles. The Kier molecular flexibility index (Phi) is 7.42. The predicted octanol–water partition coefficient (Wildman–Crippen LogP) is 5.85. The molecule has 3 heterocycles. The van der Waals surface area contributed by atoms with E-state index in [2.05, 4.69) is 0 Å². The molecule has 0 atom stereocenters. The van der Waals surface area contributed by atoms with Gasteiger partial charge in [0.25, 0.3) is 11.8 Å². The molecule has 8 nitrogen and oxygen atoms in total. The number of aromatic nitrogens is 2. The van der Waals surface area contributed by atoms with Crippen molar-refractivity contribution in [2.24, 2.45) is 0 Å². The second-order valence-corrected chi connectivity index (χ2v) is 9.15. The third kappa shape index (κ3) is 5.07. The fourth-order valence-electron chi connectivity index (χ4n) is 4.39. The number of nitriles is 1. The Bertz CT molecular complexity index is 1680. The molecule has 1 aliphatic heterocycles. The van der Waals surface area contributed by atoms with E-state index in [1.165, 1.54) is 12.3 Å². The minimum absolute atomic E-state index is 0.124. The lowest BCUT2D eigenvalue weighted by molar-refractivity contribution is -0.141. The van der Waals surface area contributed by atoms with Crippen molar-refractivity contribution in [1.82, 2.24) is 14.7 Å². The Hall–Kier alpha value is -5.23. The summed E-state index contributed by atoms with van der Waals surface area (Å²) in [5.41, 5.74) is 2.39. The van der Waals surface area contributed by atoms with Gasteiger partial charge >= 0.3 is 0 Å². The van der Waals surface area contributed by atoms with E-state index in [0.29, 0.717) is 29.2 Å². The first-order chi connectivity index (χ1) is 19.4. The zero-order valence-electron chi connectivity index (χ0n) is 21.9. The van der Waals surface area contributed by atoms with Crippen molar-refractivity contribution < 1.29 is 23.1 Å². The van der Waals surface area contributed by atoms with Gasteiger partial charge in [0.2, 0.25) is 0 Å². The first kappa shape index (κ1) is 26.4. The molecule has 4 aromatic rings. The van der Waals surface area contributed by atoms with Crippen molar-refractivity contribution in [3.05, 3.63) is 107 Å². The Morgan fingerprint density at radius 2 is 1.90 bits per heavy atom. The molecule has 2 aromatic heterocycles. The minimum atomic E-state index is -0.691. The van der Waals surface area contributed by atoms with Gasteiger partial charge in [-0.2, -0.15) is 10.4 Å². The highest BCUT2D eigenvalue weighted by atomic mass is 19.1. The van der Waals surface area contributed by atoms with Crippen molar-refractivity contribution in [2.75, 3.05) is 6.61 Å². The summed E-state index contributed by atoms with van der Waals surface area (Å²) in [5, 5.41) is 14.5. The Morgan fingerprint density at radius 1 is 1.10 bits per heavy atom. The summed E-state index contributed by atoms with van der Waals surface area (Å²) in [5.74, 6) is -1.27. The maximum Gasteiger partial charge on any atom is 0.272 e. The van der Waals surface area contributed by atoms with Crippen molar-refractivity contribution in [1.29, 1.82) is 5.26 Å². The fourth-order valence-corrected chi connectivity index (χ4v) is 4.39. The summed E-state index contributed by atoms with van der Waals surface area (Å²) < 4.78 is 27.4. The first-order valence-corrected chi connectivity index (χ1v) is 12.7. The van der Waals surface area contributed by atoms with Gasteiger partial charge in [0, 0.05) is 22.9 Å². The highest BCUT2D eigenvalue weighted by Crippen LogP contribution is 2.33. The molecule has 0 unspecified atom stereocenters. The smallest absolute Gasteiger partial charge is 0.272 e. The predicted molar refractivity (Wildman–Crippen MR) is 145 cm³/mol. The van der Waals surface area contributed by atoms with Crippen molar-refractivity contribution in [3.8, 4) is 28.8 Å². The number of furan rings is 1. The summed E-state index contributed by atoms with van der Waals surface area (Å²) in [6, 6.07) is 19.2. The summed E-state index contributed by atoms with van der Waals surface area (Å²) in [6.07, 6.45) is 5.49. The number of rotatable bonds is 8. The zero-order chi connectivity index (χ0) is 28.2. The van der Waals surface area contributed by atoms with Gasteiger partial charge in [-0.05, 0) is 67.5 Å². The molecule has 0 fully saturated rings. The quantitative estimate of drug-likeness (QED) is 0.207. The molecule has 200 valence electrons. The van der Waals surface area contributed by atoms with Crippen LogP contribution in [0.2, 0.25) is 0 Å². The second-order valence-electron chi connectivity index (χ2n) is 9.15. The van der Waals surface area contributed by atoms with Crippen molar-refractivity contribution in [3.63, 3.8) is 0 Å². The molecule has 40 heavy (non-hydrogen) atoms. The monoisotopic (exact) mass is 536 g/mol. The van der Waals surface area contributed by atoms with E-state index in [4.69, 9.17) is 14.3 Å². The van der Waals surface area contributed by atoms with Gasteiger partial charge in [0.15, 0.2) is 11.6 Å². The molecule has 2 amide bonds. The highest BCUT2D eigenvalue weighted by molar-refractivity contribution is 6.19. The number of nitrogens with zero attached hydrogens (tertiary/aromatic N) is 4. The number of carbonyl (C=O) groups excluding carboxylic acids is 2. The third-order valence-electron chi connectivity index (χ3n) is 6.45. The Morgan fingerprint density at radius 3 is 2.58 bits per heavy atom. The standard InChI is InChI=1S/C31H25FN4O4/c1-3-13-40-28-12-11-21(16-27(28)32)29-22(18-36(34-29)23-8-5-4-6-9-23)15-25-20(2)26(17-33)31(38)35(30(25)37)19-24-10-7-14-39-24/h4-12,14-16,18H,3,13,19H2,1-2H3/b25-15+. The van der Waals surface area contributed by atoms with Crippen molar-refractivity contribution in [2.45, 2.75) is 26.8 Å². The average Bonchev–Trinajstić information content (AvgIpc) is 3.64. The van der Waals surface area contributed by atoms with Crippen LogP contribution in [0.25, 0.3) is 23.0 Å². The minimum Gasteiger partial charge on any atom is -0.491 e. The molecule has 0 bridgehead atoms. The van der Waals surface area contributed by atoms with E-state index in [0.717, 1.165) is 17.0 Å². The van der Waals surface area contributed by atoms with Crippen LogP contribution in [0.3, 0.4) is 0 Å². The number of para-hydroxylation sites is 1. The Balaban J connectivity index is 1.64. The lowest BCUT2D eigenvalue weighted by atomic mass is 9.93. The third-order valence-corrected chi connectivity index (χ3v) is 6.45. The molecule has 9 heteroatoms. The Labute approximate surface area is 230 Å². The van der Waals surface area contributed by atoms with E-state index < -0.39 is 17.6 Å². The van der Waals surface area contributed by atoms with E-state index in [1.807, 2.05) is 43.3 Å². The number of halogens is 1. The van der Waals surface area contributed by atoms with Gasteiger partial charge in [0.1, 0.15) is 23.1 Å². The molecule has 0 aliphatic carbocycles. The van der Waals surface area contributed by atoms with Crippen LogP contribution in [0.1, 0.15) is 31.6 Å². The molecule has 0 radical (unpaired) electrons. The lowest BCUT2D eigenvalue weighted by Gasteiger charge is -2.26. The van der Waals surface area contributed by atoms with Gasteiger partial charge < -0.3 is 9.15 Å². The van der Waals surface area contributed by atoms with Crippen LogP contribution in [-0.4, -0.2) is 33.1 Å². The topological polar surface area (TPSA) is 101 Å². The number of imide groups is 1. The molecule has 1 aliphatic rings. The molecule has 5 rings (SSSR count).